The molecule has 2 amide bonds. The average molecular weight is 533 g/mol. The number of methoxy groups -OCH3 is 1. The first-order chi connectivity index (χ1) is 17.2. The summed E-state index contributed by atoms with van der Waals surface area (Å²) in [5, 5.41) is 8.22. The highest BCUT2D eigenvalue weighted by Gasteiger charge is 2.26. The molecule has 0 fully saturated rings. The van der Waals surface area contributed by atoms with Crippen LogP contribution >= 0.6 is 11.3 Å². The molecular formula is C24H28N4O6S2. The molecular weight excluding hydrogens is 504 g/mol. The van der Waals surface area contributed by atoms with Crippen LogP contribution in [0.5, 0.6) is 0 Å². The van der Waals surface area contributed by atoms with E-state index in [1.165, 1.54) is 30.6 Å². The fraction of sp³-hybridized carbons (Fsp3) is 0.292. The minimum atomic E-state index is -4.02. The number of alkyl carbamates (subject to hydrolysis) is 1. The van der Waals surface area contributed by atoms with Gasteiger partial charge in [0.05, 0.1) is 23.7 Å². The molecule has 3 aromatic rings. The first kappa shape index (κ1) is 27.3. The standard InChI is InChI=1S/C24H28N4O6S2/c1-3-18-15-35-23(26-18)21(14-17-9-11-19(12-10-17)36(31,32)34-25)27-22(29)20(28-24(30)33-2)13-16-7-5-4-6-8-16/h4-12,15,20-21H,3,13-14,25H2,1-2H3,(H,27,29)(H,28,30)/t20-,21-/m0/s1. The second kappa shape index (κ2) is 12.6. The Morgan fingerprint density at radius 3 is 2.28 bits per heavy atom. The number of nitrogens with two attached hydrogens (primary N) is 1. The van der Waals surface area contributed by atoms with Crippen LogP contribution in [-0.2, 0) is 43.2 Å². The number of thiazole rings is 1. The van der Waals surface area contributed by atoms with Crippen LogP contribution in [0.4, 0.5) is 4.79 Å². The minimum Gasteiger partial charge on any atom is -0.453 e. The number of hydrogen-bond acceptors (Lipinski definition) is 9. The number of rotatable bonds is 11. The van der Waals surface area contributed by atoms with E-state index in [0.717, 1.165) is 23.2 Å². The number of carbonyl (C=O) groups is 2. The van der Waals surface area contributed by atoms with Crippen molar-refractivity contribution in [3.05, 3.63) is 81.8 Å². The molecule has 36 heavy (non-hydrogen) atoms. The molecule has 12 heteroatoms. The number of ether oxygens (including phenoxy) is 1. The van der Waals surface area contributed by atoms with E-state index in [4.69, 9.17) is 10.6 Å². The van der Waals surface area contributed by atoms with Crippen LogP contribution in [-0.4, -0.2) is 38.6 Å². The molecule has 0 aliphatic carbocycles. The quantitative estimate of drug-likeness (QED) is 0.319. The zero-order valence-corrected chi connectivity index (χ0v) is 21.5. The van der Waals surface area contributed by atoms with Gasteiger partial charge in [0.1, 0.15) is 11.0 Å². The zero-order chi connectivity index (χ0) is 26.1. The van der Waals surface area contributed by atoms with Crippen LogP contribution in [0.15, 0.2) is 64.9 Å². The molecule has 0 bridgehead atoms. The summed E-state index contributed by atoms with van der Waals surface area (Å²) < 4.78 is 32.4. The molecule has 0 unspecified atom stereocenters. The highest BCUT2D eigenvalue weighted by atomic mass is 32.2. The lowest BCUT2D eigenvalue weighted by molar-refractivity contribution is -0.123. The van der Waals surface area contributed by atoms with Gasteiger partial charge in [0, 0.05) is 11.8 Å². The normalized spacial score (nSPS) is 13.0. The van der Waals surface area contributed by atoms with Crippen molar-refractivity contribution >= 4 is 33.5 Å². The first-order valence-electron chi connectivity index (χ1n) is 11.1. The number of nitrogens with zero attached hydrogens (tertiary/aromatic N) is 1. The smallest absolute Gasteiger partial charge is 0.407 e. The van der Waals surface area contributed by atoms with E-state index < -0.39 is 34.2 Å². The van der Waals surface area contributed by atoms with Crippen molar-refractivity contribution in [2.75, 3.05) is 7.11 Å². The predicted octanol–water partition coefficient (Wildman–Crippen LogP) is 2.65. The maximum absolute atomic E-state index is 13.4. The molecule has 0 radical (unpaired) electrons. The lowest BCUT2D eigenvalue weighted by atomic mass is 10.0. The molecule has 0 spiro atoms. The van der Waals surface area contributed by atoms with E-state index in [-0.39, 0.29) is 11.3 Å². The van der Waals surface area contributed by atoms with Crippen LogP contribution < -0.4 is 16.5 Å². The number of amides is 2. The third-order valence-corrected chi connectivity index (χ3v) is 7.51. The summed E-state index contributed by atoms with van der Waals surface area (Å²) in [4.78, 5) is 29.9. The van der Waals surface area contributed by atoms with Gasteiger partial charge in [-0.25, -0.2) is 9.78 Å². The Balaban J connectivity index is 1.85. The number of benzene rings is 2. The Morgan fingerprint density at radius 1 is 1.03 bits per heavy atom. The van der Waals surface area contributed by atoms with Gasteiger partial charge in [0.15, 0.2) is 0 Å². The fourth-order valence-corrected chi connectivity index (χ4v) is 4.99. The molecule has 10 nitrogen and oxygen atoms in total. The fourth-order valence-electron chi connectivity index (χ4n) is 3.46. The van der Waals surface area contributed by atoms with Crippen LogP contribution in [0.25, 0.3) is 0 Å². The van der Waals surface area contributed by atoms with Crippen molar-refractivity contribution < 1.29 is 27.0 Å². The number of aryl methyl sites for hydroxylation is 1. The summed E-state index contributed by atoms with van der Waals surface area (Å²) in [5.41, 5.74) is 2.52. The van der Waals surface area contributed by atoms with Gasteiger partial charge in [-0.3, -0.25) is 4.79 Å². The summed E-state index contributed by atoms with van der Waals surface area (Å²) in [5.74, 6) is 4.45. The van der Waals surface area contributed by atoms with Crippen LogP contribution in [0.2, 0.25) is 0 Å². The Labute approximate surface area is 213 Å². The van der Waals surface area contributed by atoms with E-state index >= 15 is 0 Å². The number of aromatic nitrogens is 1. The largest absolute Gasteiger partial charge is 0.453 e. The molecule has 0 aliphatic heterocycles. The summed E-state index contributed by atoms with van der Waals surface area (Å²) >= 11 is 1.42. The first-order valence-corrected chi connectivity index (χ1v) is 13.4. The lowest BCUT2D eigenvalue weighted by Crippen LogP contribution is -2.49. The minimum absolute atomic E-state index is 0.0814. The molecule has 0 saturated carbocycles. The molecule has 4 N–H and O–H groups in total. The maximum Gasteiger partial charge on any atom is 0.407 e. The zero-order valence-electron chi connectivity index (χ0n) is 19.8. The van der Waals surface area contributed by atoms with Gasteiger partial charge < -0.3 is 15.4 Å². The van der Waals surface area contributed by atoms with Gasteiger partial charge in [-0.1, -0.05) is 49.4 Å². The number of hydrogen-bond donors (Lipinski definition) is 3. The molecule has 2 atom stereocenters. The molecule has 3 rings (SSSR count). The number of carbonyl (C=O) groups excluding carboxylic acids is 2. The van der Waals surface area contributed by atoms with Gasteiger partial charge in [0.25, 0.3) is 0 Å². The Morgan fingerprint density at radius 2 is 1.69 bits per heavy atom. The maximum atomic E-state index is 13.4. The third kappa shape index (κ3) is 7.34. The van der Waals surface area contributed by atoms with Crippen molar-refractivity contribution in [2.45, 2.75) is 43.2 Å². The van der Waals surface area contributed by atoms with Crippen LogP contribution in [0.3, 0.4) is 0 Å². The van der Waals surface area contributed by atoms with Crippen molar-refractivity contribution in [3.63, 3.8) is 0 Å². The van der Waals surface area contributed by atoms with Gasteiger partial charge >= 0.3 is 16.2 Å². The molecule has 1 aromatic heterocycles. The van der Waals surface area contributed by atoms with Crippen LogP contribution in [0, 0.1) is 0 Å². The van der Waals surface area contributed by atoms with Crippen molar-refractivity contribution in [3.8, 4) is 0 Å². The molecule has 192 valence electrons. The van der Waals surface area contributed by atoms with E-state index in [2.05, 4.69) is 19.9 Å². The third-order valence-electron chi connectivity index (χ3n) is 5.40. The molecule has 0 aliphatic rings. The SMILES string of the molecule is CCc1csc([C@H](Cc2ccc(S(=O)(=O)ON)cc2)NC(=O)[C@H](Cc2ccccc2)NC(=O)OC)n1. The summed E-state index contributed by atoms with van der Waals surface area (Å²) in [7, 11) is -2.79. The van der Waals surface area contributed by atoms with E-state index in [0.29, 0.717) is 11.4 Å². The van der Waals surface area contributed by atoms with Crippen LogP contribution in [0.1, 0.15) is 34.8 Å². The molecule has 2 aromatic carbocycles. The molecule has 1 heterocycles. The second-order valence-corrected chi connectivity index (χ2v) is 10.3. The van der Waals surface area contributed by atoms with E-state index in [9.17, 15) is 18.0 Å². The summed E-state index contributed by atoms with van der Waals surface area (Å²) in [6.45, 7) is 1.99. The predicted molar refractivity (Wildman–Crippen MR) is 134 cm³/mol. The monoisotopic (exact) mass is 532 g/mol. The van der Waals surface area contributed by atoms with E-state index in [1.54, 1.807) is 12.1 Å². The number of nitrogens with one attached hydrogen (secondary N) is 2. The molecule has 0 saturated heterocycles. The van der Waals surface area contributed by atoms with Gasteiger partial charge in [-0.15, -0.1) is 11.3 Å². The van der Waals surface area contributed by atoms with Gasteiger partial charge in [0.2, 0.25) is 5.91 Å². The Bertz CT molecular complexity index is 1260. The highest BCUT2D eigenvalue weighted by Crippen LogP contribution is 2.24. The van der Waals surface area contributed by atoms with E-state index in [1.807, 2.05) is 42.6 Å². The second-order valence-electron chi connectivity index (χ2n) is 7.87. The highest BCUT2D eigenvalue weighted by molar-refractivity contribution is 7.86. The van der Waals surface area contributed by atoms with Crippen molar-refractivity contribution in [2.24, 2.45) is 5.90 Å². The summed E-state index contributed by atoms with van der Waals surface area (Å²) in [6.07, 6.45) is 0.619. The Kier molecular flexibility index (Phi) is 9.53. The Hall–Kier alpha value is -3.32. The topological polar surface area (TPSA) is 150 Å². The average Bonchev–Trinajstić information content (AvgIpc) is 3.38. The van der Waals surface area contributed by atoms with Gasteiger partial charge in [-0.05, 0) is 36.1 Å². The van der Waals surface area contributed by atoms with Crippen molar-refractivity contribution in [1.82, 2.24) is 15.6 Å². The lowest BCUT2D eigenvalue weighted by Gasteiger charge is -2.22. The van der Waals surface area contributed by atoms with Crippen molar-refractivity contribution in [1.29, 1.82) is 0 Å². The summed E-state index contributed by atoms with van der Waals surface area (Å²) in [6, 6.07) is 13.9. The van der Waals surface area contributed by atoms with Gasteiger partial charge in [-0.2, -0.15) is 18.6 Å².